The molecule has 1 saturated heterocycles. The van der Waals surface area contributed by atoms with Gasteiger partial charge in [-0.25, -0.2) is 4.79 Å². The highest BCUT2D eigenvalue weighted by molar-refractivity contribution is 5.80. The number of ether oxygens (including phenoxy) is 1. The largest absolute Gasteiger partial charge is 0.450 e. The molecule has 0 N–H and O–H groups in total. The zero-order valence-electron chi connectivity index (χ0n) is 9.47. The number of carbonyl (C=O) groups is 2. The SMILES string of the molecule is CCOC(=O)N(C)CCC(=O)N1CC1C#N. The fourth-order valence-electron chi connectivity index (χ4n) is 1.26. The summed E-state index contributed by atoms with van der Waals surface area (Å²) in [5.74, 6) is -0.0947. The molecule has 1 fully saturated rings. The second-order valence-electron chi connectivity index (χ2n) is 3.56. The van der Waals surface area contributed by atoms with Gasteiger partial charge < -0.3 is 14.5 Å². The summed E-state index contributed by atoms with van der Waals surface area (Å²) in [5.41, 5.74) is 0. The molecule has 1 aliphatic heterocycles. The third-order valence-corrected chi connectivity index (χ3v) is 2.32. The van der Waals surface area contributed by atoms with Gasteiger partial charge in [0.15, 0.2) is 0 Å². The van der Waals surface area contributed by atoms with E-state index in [9.17, 15) is 9.59 Å². The van der Waals surface area contributed by atoms with E-state index in [1.807, 2.05) is 6.07 Å². The Kier molecular flexibility index (Phi) is 4.11. The van der Waals surface area contributed by atoms with E-state index in [2.05, 4.69) is 0 Å². The lowest BCUT2D eigenvalue weighted by atomic mass is 10.4. The van der Waals surface area contributed by atoms with Crippen LogP contribution in [0.4, 0.5) is 4.79 Å². The molecule has 0 aromatic carbocycles. The van der Waals surface area contributed by atoms with Crippen molar-refractivity contribution in [1.82, 2.24) is 9.80 Å². The Hall–Kier alpha value is -1.77. The number of nitriles is 1. The Balaban J connectivity index is 2.22. The van der Waals surface area contributed by atoms with Crippen LogP contribution in [-0.4, -0.2) is 54.6 Å². The highest BCUT2D eigenvalue weighted by Crippen LogP contribution is 2.17. The van der Waals surface area contributed by atoms with Crippen LogP contribution in [0.2, 0.25) is 0 Å². The normalized spacial score (nSPS) is 17.6. The molecule has 0 aromatic heterocycles. The Bertz CT molecular complexity index is 324. The van der Waals surface area contributed by atoms with Crippen LogP contribution in [-0.2, 0) is 9.53 Å². The Morgan fingerprint density at radius 2 is 2.31 bits per heavy atom. The van der Waals surface area contributed by atoms with Crippen LogP contribution in [0, 0.1) is 11.3 Å². The molecule has 1 heterocycles. The van der Waals surface area contributed by atoms with Crippen molar-refractivity contribution < 1.29 is 14.3 Å². The van der Waals surface area contributed by atoms with E-state index in [0.717, 1.165) is 0 Å². The minimum absolute atomic E-state index is 0.0947. The maximum atomic E-state index is 11.5. The van der Waals surface area contributed by atoms with Crippen molar-refractivity contribution in [1.29, 1.82) is 5.26 Å². The third kappa shape index (κ3) is 3.12. The molecule has 1 rings (SSSR count). The first-order valence-corrected chi connectivity index (χ1v) is 5.17. The molecule has 88 valence electrons. The summed E-state index contributed by atoms with van der Waals surface area (Å²) in [6.45, 7) is 2.87. The van der Waals surface area contributed by atoms with Gasteiger partial charge in [0.05, 0.1) is 19.2 Å². The quantitative estimate of drug-likeness (QED) is 0.640. The van der Waals surface area contributed by atoms with Crippen molar-refractivity contribution in [3.05, 3.63) is 0 Å². The Morgan fingerprint density at radius 1 is 1.62 bits per heavy atom. The molecule has 6 heteroatoms. The number of nitrogens with zero attached hydrogens (tertiary/aromatic N) is 3. The fourth-order valence-corrected chi connectivity index (χ4v) is 1.26. The molecule has 0 saturated carbocycles. The predicted molar refractivity (Wildman–Crippen MR) is 55.4 cm³/mol. The van der Waals surface area contributed by atoms with Gasteiger partial charge in [-0.3, -0.25) is 4.79 Å². The van der Waals surface area contributed by atoms with Crippen molar-refractivity contribution >= 4 is 12.0 Å². The number of carbonyl (C=O) groups excluding carboxylic acids is 2. The van der Waals surface area contributed by atoms with E-state index >= 15 is 0 Å². The van der Waals surface area contributed by atoms with E-state index in [4.69, 9.17) is 10.00 Å². The number of amides is 2. The van der Waals surface area contributed by atoms with E-state index < -0.39 is 6.09 Å². The molecule has 0 aromatic rings. The van der Waals surface area contributed by atoms with Crippen LogP contribution in [0.15, 0.2) is 0 Å². The predicted octanol–water partition coefficient (Wildman–Crippen LogP) is 0.199. The van der Waals surface area contributed by atoms with Crippen molar-refractivity contribution in [2.75, 3.05) is 26.7 Å². The topological polar surface area (TPSA) is 73.4 Å². The average Bonchev–Trinajstić information content (AvgIpc) is 3.04. The first-order chi connectivity index (χ1) is 7.60. The molecule has 1 aliphatic rings. The molecular weight excluding hydrogens is 210 g/mol. The van der Waals surface area contributed by atoms with Crippen LogP contribution in [0.25, 0.3) is 0 Å². The van der Waals surface area contributed by atoms with Gasteiger partial charge in [-0.1, -0.05) is 0 Å². The van der Waals surface area contributed by atoms with Gasteiger partial charge >= 0.3 is 6.09 Å². The summed E-state index contributed by atoms with van der Waals surface area (Å²) in [6, 6.07) is 1.74. The summed E-state index contributed by atoms with van der Waals surface area (Å²) in [7, 11) is 1.58. The molecule has 2 amide bonds. The van der Waals surface area contributed by atoms with Gasteiger partial charge in [-0.15, -0.1) is 0 Å². The zero-order valence-corrected chi connectivity index (χ0v) is 9.47. The maximum absolute atomic E-state index is 11.5. The minimum Gasteiger partial charge on any atom is -0.450 e. The molecule has 0 spiro atoms. The second-order valence-corrected chi connectivity index (χ2v) is 3.56. The Morgan fingerprint density at radius 3 is 2.81 bits per heavy atom. The number of hydrogen-bond acceptors (Lipinski definition) is 4. The van der Waals surface area contributed by atoms with E-state index in [-0.39, 0.29) is 18.4 Å². The summed E-state index contributed by atoms with van der Waals surface area (Å²) in [6.07, 6.45) is -0.203. The summed E-state index contributed by atoms with van der Waals surface area (Å²) in [5, 5.41) is 8.53. The van der Waals surface area contributed by atoms with Crippen molar-refractivity contribution in [2.45, 2.75) is 19.4 Å². The number of hydrogen-bond donors (Lipinski definition) is 0. The van der Waals surface area contributed by atoms with Gasteiger partial charge in [0, 0.05) is 20.0 Å². The lowest BCUT2D eigenvalue weighted by Gasteiger charge is -2.15. The van der Waals surface area contributed by atoms with Gasteiger partial charge in [0.2, 0.25) is 5.91 Å². The summed E-state index contributed by atoms with van der Waals surface area (Å²) < 4.78 is 4.76. The van der Waals surface area contributed by atoms with Gasteiger partial charge in [-0.2, -0.15) is 5.26 Å². The Labute approximate surface area is 94.4 Å². The average molecular weight is 225 g/mol. The van der Waals surface area contributed by atoms with Crippen LogP contribution in [0.3, 0.4) is 0 Å². The van der Waals surface area contributed by atoms with Crippen molar-refractivity contribution in [3.63, 3.8) is 0 Å². The monoisotopic (exact) mass is 225 g/mol. The molecule has 1 unspecified atom stereocenters. The maximum Gasteiger partial charge on any atom is 0.409 e. The standard InChI is InChI=1S/C10H15N3O3/c1-3-16-10(15)12(2)5-4-9(14)13-7-8(13)6-11/h8H,3-5,7H2,1-2H3. The fraction of sp³-hybridized carbons (Fsp3) is 0.700. The first-order valence-electron chi connectivity index (χ1n) is 5.17. The third-order valence-electron chi connectivity index (χ3n) is 2.32. The number of rotatable bonds is 4. The lowest BCUT2D eigenvalue weighted by Crippen LogP contribution is -2.30. The first kappa shape index (κ1) is 12.3. The molecule has 0 radical (unpaired) electrons. The van der Waals surface area contributed by atoms with Crippen LogP contribution < -0.4 is 0 Å². The van der Waals surface area contributed by atoms with Gasteiger partial charge in [0.25, 0.3) is 0 Å². The summed E-state index contributed by atoms with van der Waals surface area (Å²) in [4.78, 5) is 25.5. The van der Waals surface area contributed by atoms with Gasteiger partial charge in [-0.05, 0) is 6.92 Å². The molecule has 0 aliphatic carbocycles. The lowest BCUT2D eigenvalue weighted by molar-refractivity contribution is -0.126. The summed E-state index contributed by atoms with van der Waals surface area (Å²) >= 11 is 0. The smallest absolute Gasteiger partial charge is 0.409 e. The highest BCUT2D eigenvalue weighted by atomic mass is 16.5. The zero-order chi connectivity index (χ0) is 12.1. The van der Waals surface area contributed by atoms with Crippen LogP contribution in [0.5, 0.6) is 0 Å². The second kappa shape index (κ2) is 5.35. The van der Waals surface area contributed by atoms with Crippen LogP contribution in [0.1, 0.15) is 13.3 Å². The van der Waals surface area contributed by atoms with Crippen LogP contribution >= 0.6 is 0 Å². The van der Waals surface area contributed by atoms with Crippen molar-refractivity contribution in [2.24, 2.45) is 0 Å². The van der Waals surface area contributed by atoms with E-state index in [1.54, 1.807) is 14.0 Å². The molecular formula is C10H15N3O3. The molecule has 16 heavy (non-hydrogen) atoms. The van der Waals surface area contributed by atoms with E-state index in [0.29, 0.717) is 19.7 Å². The van der Waals surface area contributed by atoms with Crippen molar-refractivity contribution in [3.8, 4) is 6.07 Å². The molecule has 6 nitrogen and oxygen atoms in total. The minimum atomic E-state index is -0.432. The van der Waals surface area contributed by atoms with E-state index in [1.165, 1.54) is 9.80 Å². The molecule has 1 atom stereocenters. The highest BCUT2D eigenvalue weighted by Gasteiger charge is 2.37. The van der Waals surface area contributed by atoms with Gasteiger partial charge in [0.1, 0.15) is 6.04 Å². The molecule has 0 bridgehead atoms.